The number of sulfonamides is 2. The van der Waals surface area contributed by atoms with Gasteiger partial charge in [0.05, 0.1) is 17.7 Å². The van der Waals surface area contributed by atoms with Crippen LogP contribution in [-0.4, -0.2) is 51.3 Å². The number of benzene rings is 1. The lowest BCUT2D eigenvalue weighted by Crippen LogP contribution is -2.32. The van der Waals surface area contributed by atoms with Crippen LogP contribution in [0.3, 0.4) is 0 Å². The molecule has 0 radical (unpaired) electrons. The Bertz CT molecular complexity index is 1450. The van der Waals surface area contributed by atoms with Gasteiger partial charge in [0.2, 0.25) is 15.9 Å². The second-order valence-electron chi connectivity index (χ2n) is 7.12. The Labute approximate surface area is 209 Å². The fourth-order valence-corrected chi connectivity index (χ4v) is 6.05. The number of anilines is 1. The van der Waals surface area contributed by atoms with Crippen molar-refractivity contribution >= 4 is 37.3 Å². The molecule has 9 nitrogen and oxygen atoms in total. The molecule has 0 atom stereocenters. The van der Waals surface area contributed by atoms with Gasteiger partial charge in [-0.1, -0.05) is 35.9 Å². The van der Waals surface area contributed by atoms with Crippen molar-refractivity contribution in [3.8, 4) is 17.0 Å². The second-order valence-corrected chi connectivity index (χ2v) is 11.1. The molecule has 2 aromatic heterocycles. The van der Waals surface area contributed by atoms with E-state index in [2.05, 4.69) is 27.8 Å². The SMILES string of the molecule is C=CCN(CC=C)S(=O)(=O)c1cnccc1NS(=O)(=O)c1cccc(-c2cnc(OC)c(Cl)c2)c1. The van der Waals surface area contributed by atoms with Crippen LogP contribution in [0.15, 0.2) is 90.1 Å². The molecule has 184 valence electrons. The molecule has 35 heavy (non-hydrogen) atoms. The van der Waals surface area contributed by atoms with E-state index in [-0.39, 0.29) is 39.5 Å². The summed E-state index contributed by atoms with van der Waals surface area (Å²) >= 11 is 6.15. The molecule has 0 aliphatic rings. The van der Waals surface area contributed by atoms with E-state index in [0.29, 0.717) is 11.1 Å². The predicted molar refractivity (Wildman–Crippen MR) is 135 cm³/mol. The van der Waals surface area contributed by atoms with Crippen molar-refractivity contribution in [1.29, 1.82) is 0 Å². The summed E-state index contributed by atoms with van der Waals surface area (Å²) in [4.78, 5) is 7.59. The fraction of sp³-hybridized carbons (Fsp3) is 0.130. The molecule has 0 bridgehead atoms. The van der Waals surface area contributed by atoms with Gasteiger partial charge in [0.1, 0.15) is 9.92 Å². The molecule has 0 unspecified atom stereocenters. The fourth-order valence-electron chi connectivity index (χ4n) is 3.15. The van der Waals surface area contributed by atoms with Crippen LogP contribution in [0.1, 0.15) is 0 Å². The van der Waals surface area contributed by atoms with Crippen LogP contribution in [0.25, 0.3) is 11.1 Å². The number of methoxy groups -OCH3 is 1. The molecule has 12 heteroatoms. The summed E-state index contributed by atoms with van der Waals surface area (Å²) in [5.74, 6) is 0.245. The van der Waals surface area contributed by atoms with Gasteiger partial charge in [-0.3, -0.25) is 9.71 Å². The molecule has 1 aromatic carbocycles. The molecule has 3 rings (SSSR count). The number of nitrogens with zero attached hydrogens (tertiary/aromatic N) is 3. The first-order chi connectivity index (χ1) is 16.6. The topological polar surface area (TPSA) is 119 Å². The lowest BCUT2D eigenvalue weighted by molar-refractivity contribution is 0.398. The largest absolute Gasteiger partial charge is 0.480 e. The van der Waals surface area contributed by atoms with Crippen molar-refractivity contribution in [2.24, 2.45) is 0 Å². The third-order valence-electron chi connectivity index (χ3n) is 4.79. The predicted octanol–water partition coefficient (Wildman–Crippen LogP) is 3.97. The zero-order valence-corrected chi connectivity index (χ0v) is 21.1. The third kappa shape index (κ3) is 5.88. The average Bonchev–Trinajstić information content (AvgIpc) is 2.84. The highest BCUT2D eigenvalue weighted by Gasteiger charge is 2.28. The highest BCUT2D eigenvalue weighted by molar-refractivity contribution is 7.93. The summed E-state index contributed by atoms with van der Waals surface area (Å²) in [6.07, 6.45) is 6.74. The molecule has 0 amide bonds. The average molecular weight is 535 g/mol. The lowest BCUT2D eigenvalue weighted by Gasteiger charge is -2.21. The van der Waals surface area contributed by atoms with Gasteiger partial charge < -0.3 is 4.74 Å². The summed E-state index contributed by atoms with van der Waals surface area (Å²) in [5, 5.41) is 0.270. The van der Waals surface area contributed by atoms with Crippen LogP contribution in [0.2, 0.25) is 5.02 Å². The molecule has 3 aromatic rings. The molecule has 0 fully saturated rings. The Balaban J connectivity index is 1.99. The zero-order valence-electron chi connectivity index (χ0n) is 18.8. The molecule has 0 saturated carbocycles. The number of halogens is 1. The minimum atomic E-state index is -4.18. The zero-order chi connectivity index (χ0) is 25.6. The van der Waals surface area contributed by atoms with E-state index in [9.17, 15) is 16.8 Å². The van der Waals surface area contributed by atoms with Gasteiger partial charge in [-0.05, 0) is 29.8 Å². The normalized spacial score (nSPS) is 11.7. The standard InChI is InChI=1S/C23H23ClN4O5S2/c1-4-11-28(12-5-2)35(31,32)22-16-25-10-9-21(22)27-34(29,30)19-8-6-7-17(13-19)18-14-20(24)23(33-3)26-15-18/h4-10,13-16H,1-2,11-12H2,3H3,(H,25,27). The van der Waals surface area contributed by atoms with E-state index in [0.717, 1.165) is 10.5 Å². The molecule has 0 spiro atoms. The van der Waals surface area contributed by atoms with Crippen molar-refractivity contribution < 1.29 is 21.6 Å². The quantitative estimate of drug-likeness (QED) is 0.370. The first-order valence-corrected chi connectivity index (χ1v) is 13.4. The van der Waals surface area contributed by atoms with Gasteiger partial charge in [-0.2, -0.15) is 4.31 Å². The Morgan fingerprint density at radius 3 is 2.40 bits per heavy atom. The van der Waals surface area contributed by atoms with E-state index in [4.69, 9.17) is 16.3 Å². The highest BCUT2D eigenvalue weighted by atomic mass is 35.5. The Morgan fingerprint density at radius 1 is 1.06 bits per heavy atom. The maximum absolute atomic E-state index is 13.2. The molecular formula is C23H23ClN4O5S2. The summed E-state index contributed by atoms with van der Waals surface area (Å²) < 4.78 is 61.4. The van der Waals surface area contributed by atoms with Gasteiger partial charge in [0.25, 0.3) is 10.0 Å². The van der Waals surface area contributed by atoms with Gasteiger partial charge in [-0.15, -0.1) is 13.2 Å². The summed E-state index contributed by atoms with van der Waals surface area (Å²) in [6, 6.07) is 8.96. The third-order valence-corrected chi connectivity index (χ3v) is 8.28. The lowest BCUT2D eigenvalue weighted by atomic mass is 10.1. The van der Waals surface area contributed by atoms with Crippen LogP contribution in [0.5, 0.6) is 5.88 Å². The second kappa shape index (κ2) is 11.0. The molecule has 0 saturated heterocycles. The number of rotatable bonds is 11. The van der Waals surface area contributed by atoms with E-state index in [1.54, 1.807) is 18.2 Å². The number of ether oxygens (including phenoxy) is 1. The van der Waals surface area contributed by atoms with Crippen LogP contribution in [-0.2, 0) is 20.0 Å². The smallest absolute Gasteiger partial charge is 0.261 e. The highest BCUT2D eigenvalue weighted by Crippen LogP contribution is 2.30. The number of nitrogens with one attached hydrogen (secondary N) is 1. The maximum Gasteiger partial charge on any atom is 0.261 e. The van der Waals surface area contributed by atoms with E-state index < -0.39 is 20.0 Å². The van der Waals surface area contributed by atoms with Crippen molar-refractivity contribution in [2.75, 3.05) is 24.9 Å². The molecule has 0 aliphatic carbocycles. The Morgan fingerprint density at radius 2 is 1.77 bits per heavy atom. The van der Waals surface area contributed by atoms with Crippen LogP contribution in [0, 0.1) is 0 Å². The van der Waals surface area contributed by atoms with E-state index in [1.165, 1.54) is 49.9 Å². The Hall–Kier alpha value is -3.25. The molecular weight excluding hydrogens is 512 g/mol. The molecule has 2 heterocycles. The van der Waals surface area contributed by atoms with Gasteiger partial charge >= 0.3 is 0 Å². The van der Waals surface area contributed by atoms with Crippen molar-refractivity contribution in [3.63, 3.8) is 0 Å². The summed E-state index contributed by atoms with van der Waals surface area (Å²) in [6.45, 7) is 7.16. The summed E-state index contributed by atoms with van der Waals surface area (Å²) in [7, 11) is -6.85. The van der Waals surface area contributed by atoms with E-state index >= 15 is 0 Å². The van der Waals surface area contributed by atoms with E-state index in [1.807, 2.05) is 0 Å². The minimum absolute atomic E-state index is 0.00986. The summed E-state index contributed by atoms with van der Waals surface area (Å²) in [5.41, 5.74) is 0.970. The van der Waals surface area contributed by atoms with Crippen LogP contribution >= 0.6 is 11.6 Å². The molecule has 0 aliphatic heterocycles. The van der Waals surface area contributed by atoms with Gasteiger partial charge in [0, 0.05) is 37.2 Å². The van der Waals surface area contributed by atoms with Crippen molar-refractivity contribution in [3.05, 3.63) is 85.3 Å². The first-order valence-electron chi connectivity index (χ1n) is 10.1. The van der Waals surface area contributed by atoms with Crippen LogP contribution in [0.4, 0.5) is 5.69 Å². The number of aromatic nitrogens is 2. The monoisotopic (exact) mass is 534 g/mol. The molecule has 1 N–H and O–H groups in total. The number of pyridine rings is 2. The Kier molecular flexibility index (Phi) is 8.28. The first kappa shape index (κ1) is 26.4. The number of hydrogen-bond acceptors (Lipinski definition) is 7. The number of hydrogen-bond donors (Lipinski definition) is 1. The van der Waals surface area contributed by atoms with Gasteiger partial charge in [-0.25, -0.2) is 21.8 Å². The van der Waals surface area contributed by atoms with Gasteiger partial charge in [0.15, 0.2) is 0 Å². The minimum Gasteiger partial charge on any atom is -0.480 e. The van der Waals surface area contributed by atoms with Crippen molar-refractivity contribution in [1.82, 2.24) is 14.3 Å². The maximum atomic E-state index is 13.2. The van der Waals surface area contributed by atoms with Crippen molar-refractivity contribution in [2.45, 2.75) is 9.79 Å². The van der Waals surface area contributed by atoms with Crippen LogP contribution < -0.4 is 9.46 Å².